The lowest BCUT2D eigenvalue weighted by molar-refractivity contribution is -0.480. The average molecular weight is 466 g/mol. The van der Waals surface area contributed by atoms with Gasteiger partial charge in [0, 0.05) is 17.8 Å². The molecule has 13 heteroatoms. The number of nitro groups is 1. The standard InChI is InChI=1S/C20H30N6O7/c1-20(2,3)33-19(30)23-15(12-13-8-5-4-6-9-13)16(27)24-25-18(21)22-14(17(28)29)10-7-11-26(31)32/h4-6,8-9,14-15H,7,10-12H2,1-3H3,(H,23,30)(H,24,27)(H,28,29)(H3,21,22,25)/t14-,15+/m0/s1. The summed E-state index contributed by atoms with van der Waals surface area (Å²) < 4.78 is 5.20. The summed E-state index contributed by atoms with van der Waals surface area (Å²) in [6.07, 6.45) is -0.768. The highest BCUT2D eigenvalue weighted by Crippen LogP contribution is 2.09. The maximum atomic E-state index is 12.7. The lowest BCUT2D eigenvalue weighted by Gasteiger charge is -2.23. The number of nitrogens with one attached hydrogen (secondary N) is 3. The van der Waals surface area contributed by atoms with Crippen molar-refractivity contribution >= 4 is 23.9 Å². The molecular formula is C20H30N6O7. The smallest absolute Gasteiger partial charge is 0.408 e. The summed E-state index contributed by atoms with van der Waals surface area (Å²) in [5.74, 6) is -2.40. The van der Waals surface area contributed by atoms with Crippen LogP contribution in [0, 0.1) is 10.1 Å². The van der Waals surface area contributed by atoms with Crippen molar-refractivity contribution < 1.29 is 29.2 Å². The number of hydrogen-bond donors (Lipinski definition) is 5. The van der Waals surface area contributed by atoms with Gasteiger partial charge in [0.25, 0.3) is 5.91 Å². The third-order valence-electron chi connectivity index (χ3n) is 4.00. The lowest BCUT2D eigenvalue weighted by Crippen LogP contribution is -2.55. The number of benzene rings is 1. The fourth-order valence-corrected chi connectivity index (χ4v) is 2.58. The summed E-state index contributed by atoms with van der Waals surface area (Å²) in [6, 6.07) is 6.57. The number of carbonyl (C=O) groups is 3. The van der Waals surface area contributed by atoms with E-state index in [2.05, 4.69) is 21.2 Å². The van der Waals surface area contributed by atoms with Crippen LogP contribution in [0.3, 0.4) is 0 Å². The Morgan fingerprint density at radius 1 is 1.21 bits per heavy atom. The largest absolute Gasteiger partial charge is 0.480 e. The van der Waals surface area contributed by atoms with Gasteiger partial charge in [-0.25, -0.2) is 14.6 Å². The Morgan fingerprint density at radius 3 is 2.39 bits per heavy atom. The van der Waals surface area contributed by atoms with Gasteiger partial charge in [-0.05, 0) is 32.8 Å². The van der Waals surface area contributed by atoms with E-state index in [0.29, 0.717) is 0 Å². The Morgan fingerprint density at radius 2 is 1.85 bits per heavy atom. The van der Waals surface area contributed by atoms with E-state index in [1.54, 1.807) is 45.0 Å². The highest BCUT2D eigenvalue weighted by Gasteiger charge is 2.25. The predicted molar refractivity (Wildman–Crippen MR) is 119 cm³/mol. The van der Waals surface area contributed by atoms with E-state index in [1.165, 1.54) is 0 Å². The third kappa shape index (κ3) is 11.9. The topological polar surface area (TPSA) is 198 Å². The first kappa shape index (κ1) is 27.1. The van der Waals surface area contributed by atoms with Crippen molar-refractivity contribution in [1.82, 2.24) is 16.2 Å². The fraction of sp³-hybridized carbons (Fsp3) is 0.500. The Bertz CT molecular complexity index is 854. The highest BCUT2D eigenvalue weighted by molar-refractivity contribution is 5.89. The summed E-state index contributed by atoms with van der Waals surface area (Å²) in [5.41, 5.74) is 10.2. The highest BCUT2D eigenvalue weighted by atomic mass is 16.6. The zero-order valence-corrected chi connectivity index (χ0v) is 18.7. The number of hydrazine groups is 1. The molecule has 0 radical (unpaired) electrons. The minimum atomic E-state index is -1.32. The zero-order chi connectivity index (χ0) is 25.0. The van der Waals surface area contributed by atoms with E-state index in [1.807, 2.05) is 6.07 Å². The van der Waals surface area contributed by atoms with E-state index in [4.69, 9.17) is 10.5 Å². The number of guanidine groups is 1. The zero-order valence-electron chi connectivity index (χ0n) is 18.7. The van der Waals surface area contributed by atoms with Crippen LogP contribution in [-0.2, 0) is 20.7 Å². The second kappa shape index (κ2) is 12.8. The fourth-order valence-electron chi connectivity index (χ4n) is 2.58. The molecule has 13 nitrogen and oxygen atoms in total. The molecular weight excluding hydrogens is 436 g/mol. The first-order chi connectivity index (χ1) is 15.4. The van der Waals surface area contributed by atoms with Gasteiger partial charge >= 0.3 is 12.1 Å². The molecule has 2 atom stereocenters. The number of aliphatic imine (C=N–C) groups is 1. The van der Waals surface area contributed by atoms with E-state index in [0.717, 1.165) is 5.56 Å². The van der Waals surface area contributed by atoms with Crippen LogP contribution >= 0.6 is 0 Å². The Kier molecular flexibility index (Phi) is 10.6. The van der Waals surface area contributed by atoms with Crippen LogP contribution in [0.5, 0.6) is 0 Å². The quantitative estimate of drug-likeness (QED) is 0.141. The van der Waals surface area contributed by atoms with Crippen molar-refractivity contribution in [3.05, 3.63) is 46.0 Å². The maximum Gasteiger partial charge on any atom is 0.408 e. The number of nitrogens with two attached hydrogens (primary N) is 1. The predicted octanol–water partition coefficient (Wildman–Crippen LogP) is 0.568. The molecule has 182 valence electrons. The third-order valence-corrected chi connectivity index (χ3v) is 4.00. The van der Waals surface area contributed by atoms with Crippen molar-refractivity contribution in [2.75, 3.05) is 6.54 Å². The van der Waals surface area contributed by atoms with E-state index >= 15 is 0 Å². The van der Waals surface area contributed by atoms with E-state index < -0.39 is 53.1 Å². The van der Waals surface area contributed by atoms with Crippen LogP contribution in [0.2, 0.25) is 0 Å². The summed E-state index contributed by atoms with van der Waals surface area (Å²) in [7, 11) is 0. The first-order valence-electron chi connectivity index (χ1n) is 10.1. The number of alkyl carbamates (subject to hydrolysis) is 1. The molecule has 2 amide bonds. The number of nitrogens with zero attached hydrogens (tertiary/aromatic N) is 2. The summed E-state index contributed by atoms with van der Waals surface area (Å²) in [5, 5.41) is 22.1. The molecule has 0 aromatic heterocycles. The minimum absolute atomic E-state index is 0.00787. The number of rotatable bonds is 10. The van der Waals surface area contributed by atoms with Crippen LogP contribution in [0.4, 0.5) is 4.79 Å². The molecule has 0 aliphatic heterocycles. The molecule has 0 spiro atoms. The molecule has 6 N–H and O–H groups in total. The minimum Gasteiger partial charge on any atom is -0.480 e. The van der Waals surface area contributed by atoms with Gasteiger partial charge in [0.05, 0.1) is 0 Å². The molecule has 0 saturated heterocycles. The van der Waals surface area contributed by atoms with Gasteiger partial charge in [0.1, 0.15) is 11.6 Å². The molecule has 0 fully saturated rings. The number of amides is 2. The van der Waals surface area contributed by atoms with Gasteiger partial charge in [0.2, 0.25) is 12.5 Å². The molecule has 0 bridgehead atoms. The van der Waals surface area contributed by atoms with Crippen molar-refractivity contribution in [3.63, 3.8) is 0 Å². The van der Waals surface area contributed by atoms with Gasteiger partial charge in [-0.1, -0.05) is 30.3 Å². The molecule has 1 aromatic rings. The second-order valence-electron chi connectivity index (χ2n) is 8.07. The maximum absolute atomic E-state index is 12.7. The molecule has 33 heavy (non-hydrogen) atoms. The van der Waals surface area contributed by atoms with Crippen LogP contribution in [-0.4, -0.2) is 58.2 Å². The summed E-state index contributed by atoms with van der Waals surface area (Å²) in [6.45, 7) is 4.65. The van der Waals surface area contributed by atoms with Crippen molar-refractivity contribution in [2.45, 2.75) is 57.7 Å². The Hall–Kier alpha value is -3.90. The SMILES string of the molecule is CC(C)(C)OC(=O)N[C@H](Cc1ccccc1)C(=O)NNC(N)=N[C@@H](CCC[N+](=O)[O-])C(=O)O. The monoisotopic (exact) mass is 466 g/mol. The van der Waals surface area contributed by atoms with E-state index in [9.17, 15) is 29.6 Å². The van der Waals surface area contributed by atoms with Gasteiger partial charge in [-0.15, -0.1) is 0 Å². The van der Waals surface area contributed by atoms with Crippen LogP contribution in [0.1, 0.15) is 39.2 Å². The van der Waals surface area contributed by atoms with Crippen molar-refractivity contribution in [3.8, 4) is 0 Å². The van der Waals surface area contributed by atoms with E-state index in [-0.39, 0.29) is 19.3 Å². The number of carboxylic acids is 1. The number of carboxylic acid groups (broad SMARTS) is 1. The lowest BCUT2D eigenvalue weighted by atomic mass is 10.1. The Labute approximate surface area is 190 Å². The molecule has 0 saturated carbocycles. The van der Waals surface area contributed by atoms with Crippen molar-refractivity contribution in [1.29, 1.82) is 0 Å². The van der Waals surface area contributed by atoms with Crippen LogP contribution < -0.4 is 21.9 Å². The van der Waals surface area contributed by atoms with Gasteiger partial charge in [0.15, 0.2) is 6.04 Å². The summed E-state index contributed by atoms with van der Waals surface area (Å²) in [4.78, 5) is 49.7. The van der Waals surface area contributed by atoms with Gasteiger partial charge in [-0.2, -0.15) is 0 Å². The Balaban J connectivity index is 2.81. The summed E-state index contributed by atoms with van der Waals surface area (Å²) >= 11 is 0. The van der Waals surface area contributed by atoms with Crippen LogP contribution in [0.25, 0.3) is 0 Å². The number of carbonyl (C=O) groups excluding carboxylic acids is 2. The molecule has 0 heterocycles. The van der Waals surface area contributed by atoms with Crippen molar-refractivity contribution in [2.24, 2.45) is 10.7 Å². The first-order valence-corrected chi connectivity index (χ1v) is 10.1. The second-order valence-corrected chi connectivity index (χ2v) is 8.07. The van der Waals surface area contributed by atoms with Gasteiger partial charge in [-0.3, -0.25) is 25.8 Å². The number of ether oxygens (including phenoxy) is 1. The molecule has 1 aromatic carbocycles. The van der Waals surface area contributed by atoms with Gasteiger partial charge < -0.3 is 20.9 Å². The molecule has 1 rings (SSSR count). The normalized spacial score (nSPS) is 13.4. The number of aliphatic carboxylic acids is 1. The molecule has 0 unspecified atom stereocenters. The molecule has 0 aliphatic carbocycles. The van der Waals surface area contributed by atoms with Crippen LogP contribution in [0.15, 0.2) is 35.3 Å². The average Bonchev–Trinajstić information content (AvgIpc) is 2.69. The molecule has 0 aliphatic rings. The number of hydrogen-bond acceptors (Lipinski definition) is 7.